The van der Waals surface area contributed by atoms with E-state index in [1.807, 2.05) is 30.3 Å². The minimum Gasteiger partial charge on any atom is -0.355 e. The number of aromatic nitrogens is 4. The second kappa shape index (κ2) is 18.7. The van der Waals surface area contributed by atoms with Gasteiger partial charge in [0.1, 0.15) is 0 Å². The van der Waals surface area contributed by atoms with Crippen LogP contribution in [-0.4, -0.2) is 25.7 Å². The number of ketones is 1. The summed E-state index contributed by atoms with van der Waals surface area (Å²) < 4.78 is 0. The van der Waals surface area contributed by atoms with Crippen molar-refractivity contribution in [1.29, 1.82) is 0 Å². The zero-order valence-corrected chi connectivity index (χ0v) is 33.5. The molecule has 3 aromatic heterocycles. The Hall–Kier alpha value is -4.77. The number of hydrogen-bond donors (Lipinski definition) is 2. The molecule has 2 aliphatic heterocycles. The van der Waals surface area contributed by atoms with Crippen LogP contribution in [0.1, 0.15) is 155 Å². The largest absolute Gasteiger partial charge is 0.355 e. The van der Waals surface area contributed by atoms with Gasteiger partial charge in [-0.2, -0.15) is 0 Å². The molecule has 1 unspecified atom stereocenters. The molecule has 0 saturated heterocycles. The molecular weight excluding hydrogens is 673 g/mol. The maximum absolute atomic E-state index is 13.4. The van der Waals surface area contributed by atoms with Crippen LogP contribution in [0.3, 0.4) is 0 Å². The number of allylic oxidation sites excluding steroid dienone is 2. The molecule has 5 heteroatoms. The molecule has 1 aliphatic carbocycles. The van der Waals surface area contributed by atoms with E-state index < -0.39 is 0 Å². The number of unbranched alkanes of at least 4 members (excludes halogenated alkanes) is 9. The molecule has 2 N–H and O–H groups in total. The fraction of sp³-hybridized carbons (Fsp3) is 0.420. The van der Waals surface area contributed by atoms with E-state index in [2.05, 4.69) is 85.4 Å². The van der Waals surface area contributed by atoms with Crippen molar-refractivity contribution in [3.8, 4) is 0 Å². The molecule has 0 saturated carbocycles. The second-order valence-corrected chi connectivity index (χ2v) is 15.9. The van der Waals surface area contributed by atoms with Gasteiger partial charge in [-0.25, -0.2) is 9.97 Å². The first kappa shape index (κ1) is 38.5. The quantitative estimate of drug-likeness (QED) is 0.0864. The van der Waals surface area contributed by atoms with Crippen molar-refractivity contribution in [3.63, 3.8) is 0 Å². The number of aromatic amines is 2. The van der Waals surface area contributed by atoms with E-state index in [4.69, 9.17) is 9.97 Å². The predicted octanol–water partition coefficient (Wildman–Crippen LogP) is 13.2. The van der Waals surface area contributed by atoms with E-state index in [1.54, 1.807) is 0 Å². The highest BCUT2D eigenvalue weighted by molar-refractivity contribution is 6.22. The van der Waals surface area contributed by atoms with Crippen molar-refractivity contribution < 1.29 is 4.79 Å². The Kier molecular flexibility index (Phi) is 13.1. The Labute approximate surface area is 328 Å². The van der Waals surface area contributed by atoms with Crippen LogP contribution in [-0.2, 0) is 30.5 Å². The number of nitrogens with zero attached hydrogens (tertiary/aromatic N) is 2. The van der Waals surface area contributed by atoms with Gasteiger partial charge in [0.15, 0.2) is 5.78 Å². The number of carbonyl (C=O) groups excluding carboxylic acids is 1. The number of rotatable bonds is 18. The summed E-state index contributed by atoms with van der Waals surface area (Å²) in [6.07, 6.45) is 29.7. The Balaban J connectivity index is 1.43. The standard InChI is InChI=1S/C50H60N4O/c1-4-7-10-16-21-37-42-24-26-44(51-42)38(22-17-11-8-5-2)46-28-30-48(53-46)41(33-35-32-40(50(55)34-35)36-19-14-13-15-20-36)49-31-29-47(54-49)39(23-18-12-9-6-3)45-27-25-43(37)52-45/h13-15,19-20,24-32,35,51-52H,4-12,16-18,21-23,33-34H2,1-3H3. The van der Waals surface area contributed by atoms with Crippen LogP contribution in [0.5, 0.6) is 0 Å². The number of benzene rings is 1. The third-order valence-corrected chi connectivity index (χ3v) is 11.7. The highest BCUT2D eigenvalue weighted by Gasteiger charge is 2.27. The average molecular weight is 733 g/mol. The molecule has 1 aromatic carbocycles. The van der Waals surface area contributed by atoms with Crippen LogP contribution in [0, 0.1) is 5.92 Å². The molecule has 3 aliphatic rings. The molecule has 0 spiro atoms. The molecule has 286 valence electrons. The molecule has 0 fully saturated rings. The third kappa shape index (κ3) is 9.20. The Bertz CT molecular complexity index is 2100. The molecule has 5 nitrogen and oxygen atoms in total. The minimum absolute atomic E-state index is 0.0850. The highest BCUT2D eigenvalue weighted by Crippen LogP contribution is 2.35. The van der Waals surface area contributed by atoms with Gasteiger partial charge < -0.3 is 9.97 Å². The summed E-state index contributed by atoms with van der Waals surface area (Å²) in [4.78, 5) is 32.1. The van der Waals surface area contributed by atoms with Gasteiger partial charge in [0, 0.05) is 50.8 Å². The fourth-order valence-electron chi connectivity index (χ4n) is 8.64. The Morgan fingerprint density at radius 3 is 1.44 bits per heavy atom. The number of carbonyl (C=O) groups is 1. The van der Waals surface area contributed by atoms with Crippen LogP contribution >= 0.6 is 0 Å². The number of nitrogens with one attached hydrogen (secondary N) is 2. The van der Waals surface area contributed by atoms with Gasteiger partial charge in [-0.1, -0.05) is 115 Å². The summed E-state index contributed by atoms with van der Waals surface area (Å²) >= 11 is 0. The number of Topliss-reactive ketones (excluding diaryl/α,β-unsaturated/α-hetero) is 1. The van der Waals surface area contributed by atoms with E-state index in [1.165, 1.54) is 91.9 Å². The van der Waals surface area contributed by atoms with E-state index in [0.717, 1.165) is 82.6 Å². The van der Waals surface area contributed by atoms with Gasteiger partial charge in [-0.15, -0.1) is 0 Å². The predicted molar refractivity (Wildman–Crippen MR) is 234 cm³/mol. The van der Waals surface area contributed by atoms with Gasteiger partial charge in [0.2, 0.25) is 0 Å². The smallest absolute Gasteiger partial charge is 0.163 e. The minimum atomic E-state index is 0.0850. The number of H-pyrrole nitrogens is 2. The van der Waals surface area contributed by atoms with Gasteiger partial charge in [0.25, 0.3) is 0 Å². The molecule has 0 radical (unpaired) electrons. The first-order valence-electron chi connectivity index (χ1n) is 21.5. The summed E-state index contributed by atoms with van der Waals surface area (Å²) in [5, 5.41) is 0. The first-order chi connectivity index (χ1) is 27.1. The highest BCUT2D eigenvalue weighted by atomic mass is 16.1. The summed E-state index contributed by atoms with van der Waals surface area (Å²) in [7, 11) is 0. The van der Waals surface area contributed by atoms with Gasteiger partial charge in [-0.3, -0.25) is 4.79 Å². The maximum atomic E-state index is 13.4. The second-order valence-electron chi connectivity index (χ2n) is 15.9. The molecular formula is C50H60N4O. The van der Waals surface area contributed by atoms with Crippen molar-refractivity contribution in [2.75, 3.05) is 0 Å². The number of fused-ring (bicyclic) bond motifs is 8. The lowest BCUT2D eigenvalue weighted by Crippen LogP contribution is -2.05. The Morgan fingerprint density at radius 2 is 0.964 bits per heavy atom. The topological polar surface area (TPSA) is 74.4 Å². The van der Waals surface area contributed by atoms with E-state index in [0.29, 0.717) is 12.8 Å². The van der Waals surface area contributed by atoms with Gasteiger partial charge in [-0.05, 0) is 111 Å². The summed E-state index contributed by atoms with van der Waals surface area (Å²) in [5.74, 6) is 0.302. The molecule has 0 amide bonds. The number of aryl methyl sites for hydroxylation is 3. The van der Waals surface area contributed by atoms with E-state index in [-0.39, 0.29) is 11.7 Å². The molecule has 55 heavy (non-hydrogen) atoms. The first-order valence-corrected chi connectivity index (χ1v) is 21.5. The average Bonchev–Trinajstić information content (AvgIpc) is 4.06. The lowest BCUT2D eigenvalue weighted by atomic mass is 9.96. The van der Waals surface area contributed by atoms with Crippen LogP contribution in [0.25, 0.3) is 51.9 Å². The third-order valence-electron chi connectivity index (χ3n) is 11.7. The lowest BCUT2D eigenvalue weighted by Gasteiger charge is -2.09. The summed E-state index contributed by atoms with van der Waals surface area (Å²) in [6, 6.07) is 19.3. The van der Waals surface area contributed by atoms with Gasteiger partial charge >= 0.3 is 0 Å². The van der Waals surface area contributed by atoms with Crippen molar-refractivity contribution in [3.05, 3.63) is 111 Å². The van der Waals surface area contributed by atoms with Crippen molar-refractivity contribution in [2.45, 2.75) is 130 Å². The molecule has 5 heterocycles. The number of hydrogen-bond acceptors (Lipinski definition) is 3. The Morgan fingerprint density at radius 1 is 0.527 bits per heavy atom. The van der Waals surface area contributed by atoms with Crippen LogP contribution in [0.4, 0.5) is 0 Å². The molecule has 4 aromatic rings. The lowest BCUT2D eigenvalue weighted by molar-refractivity contribution is -0.113. The van der Waals surface area contributed by atoms with Crippen molar-refractivity contribution in [2.24, 2.45) is 5.92 Å². The normalized spacial score (nSPS) is 15.0. The van der Waals surface area contributed by atoms with Gasteiger partial charge in [0.05, 0.1) is 22.8 Å². The van der Waals surface area contributed by atoms with E-state index in [9.17, 15) is 4.79 Å². The maximum Gasteiger partial charge on any atom is 0.163 e. The van der Waals surface area contributed by atoms with Crippen molar-refractivity contribution in [1.82, 2.24) is 19.9 Å². The molecule has 1 atom stereocenters. The zero-order valence-electron chi connectivity index (χ0n) is 33.5. The molecule has 8 bridgehead atoms. The van der Waals surface area contributed by atoms with Crippen LogP contribution in [0.15, 0.2) is 60.7 Å². The SMILES string of the molecule is CCCCCCc1c2nc(c(CC3C=C(c4ccccc4)C(=O)C3)c3nc(c(CCCCCC)c4ccc([nH]4)c(CCCCCC)c4ccc1[nH]4)C=C3)C=C2. The summed E-state index contributed by atoms with van der Waals surface area (Å²) in [5.41, 5.74) is 15.6. The zero-order chi connectivity index (χ0) is 38.0. The van der Waals surface area contributed by atoms with Crippen LogP contribution < -0.4 is 0 Å². The monoisotopic (exact) mass is 732 g/mol. The van der Waals surface area contributed by atoms with Crippen molar-refractivity contribution >= 4 is 57.7 Å². The fourth-order valence-corrected chi connectivity index (χ4v) is 8.64. The summed E-state index contributed by atoms with van der Waals surface area (Å²) in [6.45, 7) is 6.83. The van der Waals surface area contributed by atoms with Crippen LogP contribution in [0.2, 0.25) is 0 Å². The molecule has 7 rings (SSSR count). The van der Waals surface area contributed by atoms with E-state index >= 15 is 0 Å².